The second-order valence-corrected chi connectivity index (χ2v) is 5.81. The molecule has 1 heterocycles. The van der Waals surface area contributed by atoms with Crippen molar-refractivity contribution in [1.29, 1.82) is 0 Å². The fraction of sp³-hybridized carbons (Fsp3) is 0.562. The molecule has 0 bridgehead atoms. The Morgan fingerprint density at radius 3 is 2.75 bits per heavy atom. The quantitative estimate of drug-likeness (QED) is 0.535. The summed E-state index contributed by atoms with van der Waals surface area (Å²) in [5, 5.41) is -0.0837. The average molecular weight is 295 g/mol. The van der Waals surface area contributed by atoms with E-state index in [4.69, 9.17) is 16.3 Å². The summed E-state index contributed by atoms with van der Waals surface area (Å²) in [5.41, 5.74) is 2.10. The van der Waals surface area contributed by atoms with Gasteiger partial charge >= 0.3 is 0 Å². The summed E-state index contributed by atoms with van der Waals surface area (Å²) >= 11 is 6.28. The van der Waals surface area contributed by atoms with E-state index < -0.39 is 0 Å². The minimum Gasteiger partial charge on any atom is -0.497 e. The van der Waals surface area contributed by atoms with Gasteiger partial charge in [0.1, 0.15) is 11.6 Å². The average Bonchev–Trinajstić information content (AvgIpc) is 2.81. The largest absolute Gasteiger partial charge is 0.497 e. The molecule has 0 fully saturated rings. The molecule has 0 aliphatic rings. The molecule has 0 spiro atoms. The molecule has 0 amide bonds. The van der Waals surface area contributed by atoms with Gasteiger partial charge in [-0.1, -0.05) is 26.2 Å². The van der Waals surface area contributed by atoms with E-state index in [0.29, 0.717) is 0 Å². The van der Waals surface area contributed by atoms with Crippen molar-refractivity contribution in [3.63, 3.8) is 0 Å². The highest BCUT2D eigenvalue weighted by molar-refractivity contribution is 6.20. The third-order valence-corrected chi connectivity index (χ3v) is 3.77. The lowest BCUT2D eigenvalue weighted by Gasteiger charge is -2.10. The van der Waals surface area contributed by atoms with E-state index in [-0.39, 0.29) is 5.38 Å². The molecule has 0 saturated heterocycles. The zero-order chi connectivity index (χ0) is 14.5. The Morgan fingerprint density at radius 2 is 2.10 bits per heavy atom. The summed E-state index contributed by atoms with van der Waals surface area (Å²) in [7, 11) is 1.67. The molecule has 0 radical (unpaired) electrons. The number of fused-ring (bicyclic) bond motifs is 1. The number of hydrogen-bond acceptors (Lipinski definition) is 2. The van der Waals surface area contributed by atoms with Crippen LogP contribution >= 0.6 is 11.6 Å². The molecule has 1 atom stereocenters. The van der Waals surface area contributed by atoms with E-state index >= 15 is 0 Å². The van der Waals surface area contributed by atoms with E-state index in [1.165, 1.54) is 25.7 Å². The van der Waals surface area contributed by atoms with Crippen molar-refractivity contribution < 1.29 is 4.74 Å². The molecule has 1 unspecified atom stereocenters. The van der Waals surface area contributed by atoms with E-state index in [9.17, 15) is 0 Å². The molecule has 2 aromatic rings. The van der Waals surface area contributed by atoms with Gasteiger partial charge in [-0.2, -0.15) is 0 Å². The lowest BCUT2D eigenvalue weighted by atomic mass is 10.2. The first-order valence-corrected chi connectivity index (χ1v) is 7.79. The van der Waals surface area contributed by atoms with E-state index in [0.717, 1.165) is 29.2 Å². The zero-order valence-electron chi connectivity index (χ0n) is 12.5. The number of rotatable bonds is 7. The van der Waals surface area contributed by atoms with Gasteiger partial charge in [0.05, 0.1) is 23.5 Å². The first kappa shape index (κ1) is 15.2. The molecular formula is C16H23ClN2O. The van der Waals surface area contributed by atoms with E-state index in [2.05, 4.69) is 22.5 Å². The van der Waals surface area contributed by atoms with Crippen molar-refractivity contribution >= 4 is 22.6 Å². The van der Waals surface area contributed by atoms with Crippen LogP contribution in [0.3, 0.4) is 0 Å². The highest BCUT2D eigenvalue weighted by Gasteiger charge is 2.15. The number of benzene rings is 1. The van der Waals surface area contributed by atoms with Gasteiger partial charge in [-0.3, -0.25) is 0 Å². The van der Waals surface area contributed by atoms with Crippen LogP contribution in [0.5, 0.6) is 5.75 Å². The molecule has 3 nitrogen and oxygen atoms in total. The van der Waals surface area contributed by atoms with Crippen LogP contribution in [-0.2, 0) is 6.54 Å². The number of methoxy groups -OCH3 is 1. The number of unbranched alkanes of at least 4 members (excludes halogenated alkanes) is 3. The number of ether oxygens (including phenoxy) is 1. The molecule has 1 aromatic carbocycles. The number of nitrogens with zero attached hydrogens (tertiary/aromatic N) is 2. The number of aryl methyl sites for hydroxylation is 1. The van der Waals surface area contributed by atoms with Gasteiger partial charge in [-0.25, -0.2) is 4.98 Å². The maximum atomic E-state index is 6.28. The fourth-order valence-electron chi connectivity index (χ4n) is 2.49. The van der Waals surface area contributed by atoms with Crippen LogP contribution in [-0.4, -0.2) is 16.7 Å². The Bertz CT molecular complexity index is 563. The Balaban J connectivity index is 2.31. The summed E-state index contributed by atoms with van der Waals surface area (Å²) in [6.45, 7) is 5.18. The summed E-state index contributed by atoms with van der Waals surface area (Å²) in [5.74, 6) is 1.79. The number of alkyl halides is 1. The summed E-state index contributed by atoms with van der Waals surface area (Å²) in [6, 6.07) is 6.03. The normalized spacial score (nSPS) is 12.8. The highest BCUT2D eigenvalue weighted by atomic mass is 35.5. The van der Waals surface area contributed by atoms with Crippen LogP contribution < -0.4 is 4.74 Å². The third kappa shape index (κ3) is 3.26. The minimum atomic E-state index is -0.0837. The standard InChI is InChI=1S/C16H23ClN2O/c1-4-5-6-7-10-19-15-9-8-13(20-3)11-14(15)18-16(19)12(2)17/h8-9,11-12H,4-7,10H2,1-3H3. The smallest absolute Gasteiger partial charge is 0.127 e. The molecule has 0 aliphatic carbocycles. The summed E-state index contributed by atoms with van der Waals surface area (Å²) in [4.78, 5) is 4.67. The Kier molecular flexibility index (Phi) is 5.30. The molecule has 0 saturated carbocycles. The van der Waals surface area contributed by atoms with Crippen molar-refractivity contribution in [3.05, 3.63) is 24.0 Å². The van der Waals surface area contributed by atoms with Crippen molar-refractivity contribution in [1.82, 2.24) is 9.55 Å². The van der Waals surface area contributed by atoms with Crippen LogP contribution in [0, 0.1) is 0 Å². The van der Waals surface area contributed by atoms with Crippen LogP contribution in [0.25, 0.3) is 11.0 Å². The molecule has 2 rings (SSSR count). The lowest BCUT2D eigenvalue weighted by Crippen LogP contribution is -2.04. The second-order valence-electron chi connectivity index (χ2n) is 5.15. The first-order valence-electron chi connectivity index (χ1n) is 7.35. The SMILES string of the molecule is CCCCCCn1c(C(C)Cl)nc2cc(OC)ccc21. The Morgan fingerprint density at radius 1 is 1.30 bits per heavy atom. The summed E-state index contributed by atoms with van der Waals surface area (Å²) in [6.07, 6.45) is 4.96. The van der Waals surface area contributed by atoms with Crippen LogP contribution in [0.15, 0.2) is 18.2 Å². The van der Waals surface area contributed by atoms with Gasteiger partial charge in [-0.15, -0.1) is 11.6 Å². The zero-order valence-corrected chi connectivity index (χ0v) is 13.3. The molecular weight excluding hydrogens is 272 g/mol. The highest BCUT2D eigenvalue weighted by Crippen LogP contribution is 2.27. The van der Waals surface area contributed by atoms with E-state index in [1.807, 2.05) is 19.1 Å². The van der Waals surface area contributed by atoms with Crippen molar-refractivity contribution in [2.24, 2.45) is 0 Å². The fourth-order valence-corrected chi connectivity index (χ4v) is 2.66. The topological polar surface area (TPSA) is 27.1 Å². The third-order valence-electron chi connectivity index (χ3n) is 3.58. The number of aromatic nitrogens is 2. The minimum absolute atomic E-state index is 0.0837. The number of imidazole rings is 1. The molecule has 0 N–H and O–H groups in total. The van der Waals surface area contributed by atoms with Gasteiger partial charge in [0, 0.05) is 12.6 Å². The first-order chi connectivity index (χ1) is 9.67. The summed E-state index contributed by atoms with van der Waals surface area (Å²) < 4.78 is 7.51. The predicted molar refractivity (Wildman–Crippen MR) is 84.7 cm³/mol. The second kappa shape index (κ2) is 6.98. The van der Waals surface area contributed by atoms with Crippen LogP contribution in [0.1, 0.15) is 50.7 Å². The molecule has 20 heavy (non-hydrogen) atoms. The molecule has 1 aromatic heterocycles. The Labute approximate surface area is 125 Å². The van der Waals surface area contributed by atoms with Crippen LogP contribution in [0.2, 0.25) is 0 Å². The van der Waals surface area contributed by atoms with Gasteiger partial charge in [0.25, 0.3) is 0 Å². The predicted octanol–water partition coefficient (Wildman–Crippen LogP) is 4.93. The maximum absolute atomic E-state index is 6.28. The van der Waals surface area contributed by atoms with Crippen molar-refractivity contribution in [3.8, 4) is 5.75 Å². The molecule has 0 aliphatic heterocycles. The Hall–Kier alpha value is -1.22. The van der Waals surface area contributed by atoms with Crippen molar-refractivity contribution in [2.45, 2.75) is 51.5 Å². The number of halogens is 1. The lowest BCUT2D eigenvalue weighted by molar-refractivity contribution is 0.415. The van der Waals surface area contributed by atoms with Gasteiger partial charge < -0.3 is 9.30 Å². The van der Waals surface area contributed by atoms with Crippen LogP contribution in [0.4, 0.5) is 0 Å². The number of hydrogen-bond donors (Lipinski definition) is 0. The monoisotopic (exact) mass is 294 g/mol. The molecule has 110 valence electrons. The van der Waals surface area contributed by atoms with Gasteiger partial charge in [0.2, 0.25) is 0 Å². The van der Waals surface area contributed by atoms with Gasteiger partial charge in [-0.05, 0) is 25.5 Å². The van der Waals surface area contributed by atoms with Crippen molar-refractivity contribution in [2.75, 3.05) is 7.11 Å². The van der Waals surface area contributed by atoms with Gasteiger partial charge in [0.15, 0.2) is 0 Å². The van der Waals surface area contributed by atoms with E-state index in [1.54, 1.807) is 7.11 Å². The molecule has 4 heteroatoms. The maximum Gasteiger partial charge on any atom is 0.127 e.